The lowest BCUT2D eigenvalue weighted by molar-refractivity contribution is 0.104. The van der Waals surface area contributed by atoms with Crippen molar-refractivity contribution in [3.63, 3.8) is 0 Å². The lowest BCUT2D eigenvalue weighted by atomic mass is 10.1. The molecule has 94 valence electrons. The van der Waals surface area contributed by atoms with Crippen LogP contribution >= 0.6 is 33.9 Å². The predicted molar refractivity (Wildman–Crippen MR) is 84.4 cm³/mol. The summed E-state index contributed by atoms with van der Waals surface area (Å²) in [6.07, 6.45) is 0. The van der Waals surface area contributed by atoms with E-state index in [2.05, 4.69) is 22.6 Å². The minimum atomic E-state index is -0.275. The second kappa shape index (κ2) is 5.02. The Bertz CT molecular complexity index is 761. The van der Waals surface area contributed by atoms with E-state index in [0.29, 0.717) is 10.4 Å². The summed E-state index contributed by atoms with van der Waals surface area (Å²) in [6.45, 7) is 0. The predicted octanol–water partition coefficient (Wildman–Crippen LogP) is 4.88. The molecule has 3 rings (SSSR count). The molecule has 0 unspecified atom stereocenters. The smallest absolute Gasteiger partial charge is 0.202 e. The van der Waals surface area contributed by atoms with Crippen LogP contribution in [0.15, 0.2) is 48.5 Å². The molecule has 0 radical (unpaired) electrons. The van der Waals surface area contributed by atoms with Crippen LogP contribution in [0.5, 0.6) is 0 Å². The third kappa shape index (κ3) is 2.55. The van der Waals surface area contributed by atoms with E-state index >= 15 is 0 Å². The van der Waals surface area contributed by atoms with Gasteiger partial charge in [-0.25, -0.2) is 4.39 Å². The van der Waals surface area contributed by atoms with Crippen LogP contribution in [0.4, 0.5) is 4.39 Å². The number of carbonyl (C=O) groups excluding carboxylic acids is 1. The van der Waals surface area contributed by atoms with Gasteiger partial charge in [0.15, 0.2) is 0 Å². The van der Waals surface area contributed by atoms with Gasteiger partial charge in [0.05, 0.1) is 4.88 Å². The van der Waals surface area contributed by atoms with Gasteiger partial charge >= 0.3 is 0 Å². The summed E-state index contributed by atoms with van der Waals surface area (Å²) >= 11 is 3.53. The molecule has 1 aromatic heterocycles. The first-order valence-corrected chi connectivity index (χ1v) is 7.52. The van der Waals surface area contributed by atoms with Crippen LogP contribution < -0.4 is 0 Å². The average Bonchev–Trinajstić information content (AvgIpc) is 2.81. The number of hydrogen-bond donors (Lipinski definition) is 0. The first kappa shape index (κ1) is 12.7. The number of rotatable bonds is 2. The van der Waals surface area contributed by atoms with Gasteiger partial charge in [0.2, 0.25) is 5.78 Å². The van der Waals surface area contributed by atoms with Crippen LogP contribution in [0.3, 0.4) is 0 Å². The fraction of sp³-hybridized carbons (Fsp3) is 0. The first-order valence-electron chi connectivity index (χ1n) is 5.63. The fourth-order valence-electron chi connectivity index (χ4n) is 1.86. The quantitative estimate of drug-likeness (QED) is 0.456. The monoisotopic (exact) mass is 382 g/mol. The lowest BCUT2D eigenvalue weighted by Gasteiger charge is -1.97. The number of hydrogen-bond acceptors (Lipinski definition) is 2. The van der Waals surface area contributed by atoms with Crippen molar-refractivity contribution in [3.05, 3.63) is 68.4 Å². The summed E-state index contributed by atoms with van der Waals surface area (Å²) < 4.78 is 15.0. The van der Waals surface area contributed by atoms with Crippen LogP contribution in [0, 0.1) is 9.39 Å². The summed E-state index contributed by atoms with van der Waals surface area (Å²) in [5.74, 6) is -0.291. The van der Waals surface area contributed by atoms with E-state index in [1.165, 1.54) is 23.5 Å². The third-order valence-corrected chi connectivity index (χ3v) is 4.63. The zero-order chi connectivity index (χ0) is 13.4. The van der Waals surface area contributed by atoms with E-state index in [4.69, 9.17) is 0 Å². The Morgan fingerprint density at radius 2 is 1.79 bits per heavy atom. The van der Waals surface area contributed by atoms with Gasteiger partial charge in [-0.1, -0.05) is 6.07 Å². The van der Waals surface area contributed by atoms with Gasteiger partial charge in [-0.2, -0.15) is 0 Å². The molecule has 0 saturated carbocycles. The molecule has 0 aliphatic carbocycles. The van der Waals surface area contributed by atoms with Crippen LogP contribution in [0.25, 0.3) is 10.1 Å². The Morgan fingerprint density at radius 1 is 1.05 bits per heavy atom. The minimum absolute atomic E-state index is 0.0157. The SMILES string of the molecule is O=C(c1ccc(I)cc1)c1cc2ccc(F)cc2s1. The summed E-state index contributed by atoms with van der Waals surface area (Å²) in [4.78, 5) is 13.0. The van der Waals surface area contributed by atoms with E-state index in [-0.39, 0.29) is 11.6 Å². The molecule has 0 fully saturated rings. The molecule has 2 aromatic carbocycles. The second-order valence-electron chi connectivity index (χ2n) is 4.13. The number of halogens is 2. The van der Waals surface area contributed by atoms with Gasteiger partial charge < -0.3 is 0 Å². The zero-order valence-corrected chi connectivity index (χ0v) is 12.7. The number of benzene rings is 2. The summed E-state index contributed by atoms with van der Waals surface area (Å²) in [7, 11) is 0. The molecule has 0 aliphatic rings. The van der Waals surface area contributed by atoms with Crippen LogP contribution in [0.1, 0.15) is 15.2 Å². The number of fused-ring (bicyclic) bond motifs is 1. The minimum Gasteiger partial charge on any atom is -0.288 e. The maximum absolute atomic E-state index is 13.1. The van der Waals surface area contributed by atoms with Crippen molar-refractivity contribution in [1.82, 2.24) is 0 Å². The topological polar surface area (TPSA) is 17.1 Å². The number of ketones is 1. The lowest BCUT2D eigenvalue weighted by Crippen LogP contribution is -1.97. The van der Waals surface area contributed by atoms with E-state index in [1.807, 2.05) is 30.3 Å². The van der Waals surface area contributed by atoms with Gasteiger partial charge in [-0.05, 0) is 70.4 Å². The van der Waals surface area contributed by atoms with Gasteiger partial charge in [-0.15, -0.1) is 11.3 Å². The Labute approximate surface area is 127 Å². The van der Waals surface area contributed by atoms with Gasteiger partial charge in [0.1, 0.15) is 5.82 Å². The third-order valence-electron chi connectivity index (χ3n) is 2.81. The molecule has 0 bridgehead atoms. The Balaban J connectivity index is 2.04. The van der Waals surface area contributed by atoms with Crippen molar-refractivity contribution in [3.8, 4) is 0 Å². The molecule has 0 aliphatic heterocycles. The van der Waals surface area contributed by atoms with E-state index in [9.17, 15) is 9.18 Å². The Morgan fingerprint density at radius 3 is 2.53 bits per heavy atom. The van der Waals surface area contributed by atoms with Crippen molar-refractivity contribution in [2.75, 3.05) is 0 Å². The highest BCUT2D eigenvalue weighted by atomic mass is 127. The molecule has 19 heavy (non-hydrogen) atoms. The van der Waals surface area contributed by atoms with Crippen molar-refractivity contribution < 1.29 is 9.18 Å². The normalized spacial score (nSPS) is 10.8. The van der Waals surface area contributed by atoms with E-state index in [1.54, 1.807) is 6.07 Å². The Hall–Kier alpha value is -1.27. The largest absolute Gasteiger partial charge is 0.288 e. The molecule has 3 aromatic rings. The van der Waals surface area contributed by atoms with Gasteiger partial charge in [0, 0.05) is 13.8 Å². The maximum Gasteiger partial charge on any atom is 0.202 e. The number of thiophene rings is 1. The standard InChI is InChI=1S/C15H8FIOS/c16-11-4-1-10-7-14(19-13(10)8-11)15(18)9-2-5-12(17)6-3-9/h1-8H. The highest BCUT2D eigenvalue weighted by Crippen LogP contribution is 2.28. The van der Waals surface area contributed by atoms with E-state index < -0.39 is 0 Å². The maximum atomic E-state index is 13.1. The van der Waals surface area contributed by atoms with Crippen LogP contribution in [-0.2, 0) is 0 Å². The molecule has 4 heteroatoms. The zero-order valence-electron chi connectivity index (χ0n) is 9.69. The molecule has 0 saturated heterocycles. The highest BCUT2D eigenvalue weighted by molar-refractivity contribution is 14.1. The van der Waals surface area contributed by atoms with Crippen molar-refractivity contribution in [2.45, 2.75) is 0 Å². The molecule has 0 atom stereocenters. The molecule has 1 nitrogen and oxygen atoms in total. The molecule has 1 heterocycles. The Kier molecular flexibility index (Phi) is 3.36. The summed E-state index contributed by atoms with van der Waals surface area (Å²) in [5.41, 5.74) is 0.660. The first-order chi connectivity index (χ1) is 9.13. The van der Waals surface area contributed by atoms with Crippen molar-refractivity contribution in [1.29, 1.82) is 0 Å². The van der Waals surface area contributed by atoms with Crippen molar-refractivity contribution in [2.24, 2.45) is 0 Å². The van der Waals surface area contributed by atoms with Gasteiger partial charge in [-0.3, -0.25) is 4.79 Å². The van der Waals surface area contributed by atoms with Gasteiger partial charge in [0.25, 0.3) is 0 Å². The second-order valence-corrected chi connectivity index (χ2v) is 6.46. The molecule has 0 N–H and O–H groups in total. The highest BCUT2D eigenvalue weighted by Gasteiger charge is 2.12. The average molecular weight is 382 g/mol. The fourth-order valence-corrected chi connectivity index (χ4v) is 3.27. The number of carbonyl (C=O) groups is 1. The van der Waals surface area contributed by atoms with Crippen LogP contribution in [-0.4, -0.2) is 5.78 Å². The van der Waals surface area contributed by atoms with Crippen molar-refractivity contribution >= 4 is 49.8 Å². The molecular formula is C15H8FIOS. The molecule has 0 spiro atoms. The summed E-state index contributed by atoms with van der Waals surface area (Å²) in [5, 5.41) is 0.903. The van der Waals surface area contributed by atoms with Crippen LogP contribution in [0.2, 0.25) is 0 Å². The summed E-state index contributed by atoms with van der Waals surface area (Å²) in [6, 6.07) is 13.8. The molecular weight excluding hydrogens is 374 g/mol. The molecule has 0 amide bonds. The van der Waals surface area contributed by atoms with E-state index in [0.717, 1.165) is 13.7 Å².